The third-order valence-corrected chi connectivity index (χ3v) is 5.78. The molecule has 0 unspecified atom stereocenters. The lowest BCUT2D eigenvalue weighted by atomic mass is 10.0. The van der Waals surface area contributed by atoms with Gasteiger partial charge in [0.2, 0.25) is 11.8 Å². The molecule has 17 heteroatoms. The predicted octanol–water partition coefficient (Wildman–Crippen LogP) is -0.968. The third-order valence-electron chi connectivity index (χ3n) is 5.78. The Morgan fingerprint density at radius 2 is 1.76 bits per heavy atom. The topological polar surface area (TPSA) is 232 Å². The van der Waals surface area contributed by atoms with E-state index in [9.17, 15) is 29.1 Å². The zero-order valence-electron chi connectivity index (χ0n) is 22.8. The number of H-pyrrole nitrogens is 1. The molecule has 224 valence electrons. The number of ketones is 1. The highest BCUT2D eigenvalue weighted by atomic mass is 16.7. The van der Waals surface area contributed by atoms with Crippen LogP contribution in [0.4, 0.5) is 4.79 Å². The minimum atomic E-state index is -1.51. The standard InChI is InChI=1S/C25H31N9O8/c1-15(2)22(32-25(40)41-11-16-6-4-3-5-7-16)24(39)31-19(8-17-10-26-13-27-17)23(38)30-18(9-21(36)37)20(35)12-42-34-29-14-28-33-34/h3-7,10,13-15,18-19,22H,8-9,11-12H2,1-2H3,(H,26,27)(H,30,38)(H,31,39)(H,32,40)(H,36,37)/t18-,19-,22-/m0/s1. The highest BCUT2D eigenvalue weighted by Gasteiger charge is 2.32. The maximum atomic E-state index is 13.3. The van der Waals surface area contributed by atoms with Crippen LogP contribution in [0, 0.1) is 5.92 Å². The summed E-state index contributed by atoms with van der Waals surface area (Å²) in [6.45, 7) is 2.70. The first-order valence-corrected chi connectivity index (χ1v) is 12.8. The van der Waals surface area contributed by atoms with E-state index in [0.717, 1.165) is 11.9 Å². The van der Waals surface area contributed by atoms with E-state index >= 15 is 0 Å². The molecule has 5 N–H and O–H groups in total. The maximum absolute atomic E-state index is 13.3. The summed E-state index contributed by atoms with van der Waals surface area (Å²) in [6.07, 6.45) is 2.19. The number of carboxylic acids is 1. The van der Waals surface area contributed by atoms with Crippen LogP contribution in [-0.2, 0) is 36.9 Å². The van der Waals surface area contributed by atoms with E-state index in [1.165, 1.54) is 12.5 Å². The molecular formula is C25H31N9O8. The number of imidazole rings is 1. The Morgan fingerprint density at radius 3 is 2.38 bits per heavy atom. The van der Waals surface area contributed by atoms with Crippen molar-refractivity contribution in [2.45, 2.75) is 51.4 Å². The Balaban J connectivity index is 1.69. The lowest BCUT2D eigenvalue weighted by molar-refractivity contribution is -0.142. The van der Waals surface area contributed by atoms with E-state index in [4.69, 9.17) is 9.57 Å². The first-order chi connectivity index (χ1) is 20.1. The number of nitrogens with zero attached hydrogens (tertiary/aromatic N) is 5. The lowest BCUT2D eigenvalue weighted by Gasteiger charge is -2.26. The van der Waals surface area contributed by atoms with Gasteiger partial charge in [0.25, 0.3) is 0 Å². The summed E-state index contributed by atoms with van der Waals surface area (Å²) >= 11 is 0. The number of ether oxygens (including phenoxy) is 1. The molecule has 0 spiro atoms. The summed E-state index contributed by atoms with van der Waals surface area (Å²) < 4.78 is 5.22. The molecule has 0 aliphatic heterocycles. The molecule has 0 bridgehead atoms. The Bertz CT molecular complexity index is 1320. The quantitative estimate of drug-likeness (QED) is 0.137. The average Bonchev–Trinajstić information content (AvgIpc) is 3.67. The minimum absolute atomic E-state index is 0.0142. The van der Waals surface area contributed by atoms with Crippen LogP contribution in [0.25, 0.3) is 0 Å². The van der Waals surface area contributed by atoms with Crippen molar-refractivity contribution in [2.75, 3.05) is 6.61 Å². The highest BCUT2D eigenvalue weighted by Crippen LogP contribution is 2.08. The van der Waals surface area contributed by atoms with Gasteiger partial charge in [0.05, 0.1) is 12.7 Å². The van der Waals surface area contributed by atoms with Gasteiger partial charge in [-0.15, -0.1) is 10.2 Å². The molecule has 3 amide bonds. The molecular weight excluding hydrogens is 554 g/mol. The van der Waals surface area contributed by atoms with Crippen LogP contribution < -0.4 is 20.8 Å². The number of nitrogens with one attached hydrogen (secondary N) is 4. The molecule has 0 saturated heterocycles. The van der Waals surface area contributed by atoms with Crippen LogP contribution in [0.3, 0.4) is 0 Å². The van der Waals surface area contributed by atoms with E-state index < -0.39 is 66.7 Å². The summed E-state index contributed by atoms with van der Waals surface area (Å²) in [4.78, 5) is 75.5. The molecule has 0 aliphatic rings. The number of carboxylic acid groups (broad SMARTS) is 1. The third kappa shape index (κ3) is 10.00. The van der Waals surface area contributed by atoms with Crippen molar-refractivity contribution in [3.8, 4) is 0 Å². The number of benzene rings is 1. The molecule has 1 aromatic carbocycles. The highest BCUT2D eigenvalue weighted by molar-refractivity contribution is 5.96. The van der Waals surface area contributed by atoms with Crippen LogP contribution in [0.5, 0.6) is 0 Å². The number of Topliss-reactive ketones (excluding diaryl/α,β-unsaturated/α-hetero) is 1. The summed E-state index contributed by atoms with van der Waals surface area (Å²) in [7, 11) is 0. The first kappa shape index (κ1) is 31.2. The van der Waals surface area contributed by atoms with Crippen molar-refractivity contribution in [3.05, 3.63) is 60.4 Å². The Morgan fingerprint density at radius 1 is 1.02 bits per heavy atom. The molecule has 42 heavy (non-hydrogen) atoms. The average molecular weight is 586 g/mol. The van der Waals surface area contributed by atoms with Gasteiger partial charge in [-0.2, -0.15) is 0 Å². The Labute approximate surface area is 239 Å². The zero-order valence-corrected chi connectivity index (χ0v) is 22.8. The second-order valence-corrected chi connectivity index (χ2v) is 9.36. The van der Waals surface area contributed by atoms with Crippen molar-refractivity contribution in [1.29, 1.82) is 0 Å². The van der Waals surface area contributed by atoms with Gasteiger partial charge in [-0.3, -0.25) is 19.2 Å². The number of aliphatic carboxylic acids is 1. The van der Waals surface area contributed by atoms with Crippen LogP contribution in [0.15, 0.2) is 49.2 Å². The van der Waals surface area contributed by atoms with Crippen LogP contribution in [-0.4, -0.2) is 89.8 Å². The van der Waals surface area contributed by atoms with E-state index in [1.54, 1.807) is 38.1 Å². The second-order valence-electron chi connectivity index (χ2n) is 9.36. The fourth-order valence-corrected chi connectivity index (χ4v) is 3.64. The number of aromatic nitrogens is 6. The number of hydrogen-bond acceptors (Lipinski definition) is 11. The predicted molar refractivity (Wildman–Crippen MR) is 141 cm³/mol. The molecule has 17 nitrogen and oxygen atoms in total. The van der Waals surface area contributed by atoms with Gasteiger partial charge in [0.1, 0.15) is 24.7 Å². The van der Waals surface area contributed by atoms with Crippen LogP contribution in [0.1, 0.15) is 31.5 Å². The largest absolute Gasteiger partial charge is 0.481 e. The first-order valence-electron chi connectivity index (χ1n) is 12.8. The number of amides is 3. The van der Waals surface area contributed by atoms with Gasteiger partial charge in [-0.05, 0) is 16.7 Å². The van der Waals surface area contributed by atoms with E-state index in [0.29, 0.717) is 10.7 Å². The number of tetrazole rings is 1. The number of hydrogen-bond donors (Lipinski definition) is 5. The van der Waals surface area contributed by atoms with Gasteiger partial charge in [-0.1, -0.05) is 44.2 Å². The molecule has 0 radical (unpaired) electrons. The molecule has 0 saturated carbocycles. The monoisotopic (exact) mass is 585 g/mol. The van der Waals surface area contributed by atoms with E-state index in [2.05, 4.69) is 41.3 Å². The van der Waals surface area contributed by atoms with Crippen LogP contribution in [0.2, 0.25) is 0 Å². The van der Waals surface area contributed by atoms with Gasteiger partial charge >= 0.3 is 12.1 Å². The van der Waals surface area contributed by atoms with Crippen molar-refractivity contribution in [3.63, 3.8) is 0 Å². The zero-order chi connectivity index (χ0) is 30.5. The molecule has 2 aromatic heterocycles. The summed E-state index contributed by atoms with van der Waals surface area (Å²) in [5.41, 5.74) is 1.22. The van der Waals surface area contributed by atoms with E-state index in [1.807, 2.05) is 6.07 Å². The van der Waals surface area contributed by atoms with Gasteiger partial charge in [0.15, 0.2) is 18.7 Å². The summed E-state index contributed by atoms with van der Waals surface area (Å²) in [6, 6.07) is 5.07. The Hall–Kier alpha value is -5.35. The number of carbonyl (C=O) groups excluding carboxylic acids is 4. The fourth-order valence-electron chi connectivity index (χ4n) is 3.64. The van der Waals surface area contributed by atoms with Crippen molar-refractivity contribution < 1.29 is 38.7 Å². The van der Waals surface area contributed by atoms with Gasteiger partial charge in [0, 0.05) is 23.3 Å². The van der Waals surface area contributed by atoms with Gasteiger partial charge < -0.3 is 35.6 Å². The summed E-state index contributed by atoms with van der Waals surface area (Å²) in [5.74, 6) is -4.13. The SMILES string of the molecule is CC(C)[C@H](NC(=O)OCc1ccccc1)C(=O)N[C@@H](Cc1cnc[nH]1)C(=O)N[C@@H](CC(=O)O)C(=O)COn1ncnn1. The van der Waals surface area contributed by atoms with Crippen molar-refractivity contribution in [1.82, 2.24) is 46.3 Å². The summed E-state index contributed by atoms with van der Waals surface area (Å²) in [5, 5.41) is 27.2. The normalized spacial score (nSPS) is 12.9. The van der Waals surface area contributed by atoms with E-state index in [-0.39, 0.29) is 13.0 Å². The molecule has 0 fully saturated rings. The molecule has 3 rings (SSSR count). The molecule has 2 heterocycles. The maximum Gasteiger partial charge on any atom is 0.408 e. The van der Waals surface area contributed by atoms with Gasteiger partial charge in [-0.25, -0.2) is 9.78 Å². The molecule has 3 atom stereocenters. The number of alkyl carbamates (subject to hydrolysis) is 1. The number of rotatable bonds is 16. The minimum Gasteiger partial charge on any atom is -0.481 e. The lowest BCUT2D eigenvalue weighted by Crippen LogP contribution is -2.58. The fraction of sp³-hybridized carbons (Fsp3) is 0.400. The van der Waals surface area contributed by atoms with Crippen molar-refractivity contribution in [2.24, 2.45) is 5.92 Å². The second kappa shape index (κ2) is 15.4. The smallest absolute Gasteiger partial charge is 0.408 e. The number of aromatic amines is 1. The molecule has 0 aliphatic carbocycles. The molecule has 3 aromatic rings. The van der Waals surface area contributed by atoms with Crippen LogP contribution >= 0.6 is 0 Å². The number of carbonyl (C=O) groups is 5. The Kier molecular flexibility index (Phi) is 11.5. The van der Waals surface area contributed by atoms with Crippen molar-refractivity contribution >= 4 is 29.7 Å².